The number of carbonyl (C=O) groups is 1. The predicted octanol–water partition coefficient (Wildman–Crippen LogP) is 3.64. The number of nitrogens with one attached hydrogen (secondary N) is 2. The van der Waals surface area contributed by atoms with E-state index in [0.29, 0.717) is 23.4 Å². The van der Waals surface area contributed by atoms with Gasteiger partial charge in [0.25, 0.3) is 5.91 Å². The fourth-order valence-electron chi connectivity index (χ4n) is 2.97. The van der Waals surface area contributed by atoms with E-state index >= 15 is 0 Å². The molecule has 6 nitrogen and oxygen atoms in total. The third kappa shape index (κ3) is 4.56. The molecular formula is C22H23FN2O4. The van der Waals surface area contributed by atoms with Gasteiger partial charge in [0.2, 0.25) is 0 Å². The van der Waals surface area contributed by atoms with Crippen molar-refractivity contribution in [3.63, 3.8) is 0 Å². The van der Waals surface area contributed by atoms with Gasteiger partial charge < -0.3 is 19.8 Å². The van der Waals surface area contributed by atoms with Crippen molar-refractivity contribution in [2.75, 3.05) is 20.3 Å². The number of fused-ring (bicyclic) bond motifs is 1. The zero-order valence-electron chi connectivity index (χ0n) is 16.4. The number of H-pyrrole nitrogens is 1. The molecule has 1 amide bonds. The summed E-state index contributed by atoms with van der Waals surface area (Å²) >= 11 is 0. The molecule has 0 atom stereocenters. The summed E-state index contributed by atoms with van der Waals surface area (Å²) in [5.74, 6) is -0.0278. The Morgan fingerprint density at radius 3 is 2.62 bits per heavy atom. The standard InChI is InChI=1S/C22H23FN2O4/c1-3-4-11-24-19(26)13-29-18-10-9-17(23)20-21(18)25-12-16(22(20)27)14-5-7-15(28-2)8-6-14/h5-10,12H,3-4,11,13H2,1-2H3,(H,24,26)(H,25,27). The van der Waals surface area contributed by atoms with Crippen LogP contribution >= 0.6 is 0 Å². The van der Waals surface area contributed by atoms with Gasteiger partial charge in [0.05, 0.1) is 18.0 Å². The third-order valence-corrected chi connectivity index (χ3v) is 4.56. The minimum absolute atomic E-state index is 0.109. The van der Waals surface area contributed by atoms with Gasteiger partial charge in [0, 0.05) is 18.3 Å². The number of carbonyl (C=O) groups excluding carboxylic acids is 1. The molecule has 0 saturated heterocycles. The summed E-state index contributed by atoms with van der Waals surface area (Å²) in [4.78, 5) is 27.7. The van der Waals surface area contributed by atoms with Crippen LogP contribution in [-0.4, -0.2) is 31.2 Å². The van der Waals surface area contributed by atoms with Crippen molar-refractivity contribution < 1.29 is 18.7 Å². The molecule has 29 heavy (non-hydrogen) atoms. The third-order valence-electron chi connectivity index (χ3n) is 4.56. The molecular weight excluding hydrogens is 375 g/mol. The Balaban J connectivity index is 1.90. The van der Waals surface area contributed by atoms with Gasteiger partial charge in [-0.15, -0.1) is 0 Å². The second-order valence-electron chi connectivity index (χ2n) is 6.55. The van der Waals surface area contributed by atoms with Gasteiger partial charge in [-0.25, -0.2) is 4.39 Å². The molecule has 2 N–H and O–H groups in total. The summed E-state index contributed by atoms with van der Waals surface area (Å²) in [6.07, 6.45) is 3.37. The van der Waals surface area contributed by atoms with Crippen molar-refractivity contribution in [1.29, 1.82) is 0 Å². The highest BCUT2D eigenvalue weighted by atomic mass is 19.1. The summed E-state index contributed by atoms with van der Waals surface area (Å²) in [5.41, 5.74) is 0.719. The number of pyridine rings is 1. The number of aromatic nitrogens is 1. The lowest BCUT2D eigenvalue weighted by Gasteiger charge is -2.11. The van der Waals surface area contributed by atoms with Crippen molar-refractivity contribution in [2.45, 2.75) is 19.8 Å². The van der Waals surface area contributed by atoms with Crippen LogP contribution in [0.15, 0.2) is 47.4 Å². The van der Waals surface area contributed by atoms with Gasteiger partial charge in [-0.05, 0) is 36.2 Å². The lowest BCUT2D eigenvalue weighted by atomic mass is 10.0. The molecule has 0 saturated carbocycles. The Morgan fingerprint density at radius 1 is 1.17 bits per heavy atom. The number of hydrogen-bond donors (Lipinski definition) is 2. The van der Waals surface area contributed by atoms with E-state index in [1.807, 2.05) is 6.92 Å². The molecule has 7 heteroatoms. The number of aromatic amines is 1. The monoisotopic (exact) mass is 398 g/mol. The van der Waals surface area contributed by atoms with Gasteiger partial charge in [-0.3, -0.25) is 9.59 Å². The van der Waals surface area contributed by atoms with Crippen molar-refractivity contribution in [1.82, 2.24) is 10.3 Å². The molecule has 0 aliphatic carbocycles. The first-order chi connectivity index (χ1) is 14.0. The van der Waals surface area contributed by atoms with E-state index in [1.165, 1.54) is 18.3 Å². The quantitative estimate of drug-likeness (QED) is 0.568. The van der Waals surface area contributed by atoms with E-state index in [0.717, 1.165) is 12.8 Å². The summed E-state index contributed by atoms with van der Waals surface area (Å²) in [6.45, 7) is 2.39. The highest BCUT2D eigenvalue weighted by molar-refractivity contribution is 5.88. The Kier molecular flexibility index (Phi) is 6.49. The first kappa shape index (κ1) is 20.4. The minimum atomic E-state index is -0.656. The SMILES string of the molecule is CCCCNC(=O)COc1ccc(F)c2c(=O)c(-c3ccc(OC)cc3)c[nH]c12. The summed E-state index contributed by atoms with van der Waals surface area (Å²) in [7, 11) is 1.55. The Bertz CT molecular complexity index is 1060. The number of amides is 1. The first-order valence-corrected chi connectivity index (χ1v) is 9.43. The van der Waals surface area contributed by atoms with Crippen molar-refractivity contribution in [2.24, 2.45) is 0 Å². The molecule has 3 aromatic rings. The average Bonchev–Trinajstić information content (AvgIpc) is 2.73. The molecule has 3 rings (SSSR count). The Labute approximate surface area is 167 Å². The van der Waals surface area contributed by atoms with Crippen LogP contribution in [0.2, 0.25) is 0 Å². The molecule has 0 unspecified atom stereocenters. The van der Waals surface area contributed by atoms with E-state index in [2.05, 4.69) is 10.3 Å². The lowest BCUT2D eigenvalue weighted by molar-refractivity contribution is -0.123. The van der Waals surface area contributed by atoms with Crippen LogP contribution in [0.1, 0.15) is 19.8 Å². The maximum atomic E-state index is 14.5. The van der Waals surface area contributed by atoms with Crippen molar-refractivity contribution >= 4 is 16.8 Å². The molecule has 152 valence electrons. The van der Waals surface area contributed by atoms with Crippen LogP contribution in [0.25, 0.3) is 22.0 Å². The zero-order valence-corrected chi connectivity index (χ0v) is 16.4. The van der Waals surface area contributed by atoms with Gasteiger partial charge in [-0.1, -0.05) is 25.5 Å². The topological polar surface area (TPSA) is 80.4 Å². The van der Waals surface area contributed by atoms with Crippen LogP contribution in [0, 0.1) is 5.82 Å². The molecule has 1 heterocycles. The molecule has 0 bridgehead atoms. The molecule has 1 aromatic heterocycles. The smallest absolute Gasteiger partial charge is 0.257 e. The zero-order chi connectivity index (χ0) is 20.8. The molecule has 0 spiro atoms. The normalized spacial score (nSPS) is 10.7. The van der Waals surface area contributed by atoms with E-state index in [9.17, 15) is 14.0 Å². The largest absolute Gasteiger partial charge is 0.497 e. The number of methoxy groups -OCH3 is 1. The van der Waals surface area contributed by atoms with Crippen LogP contribution in [0.3, 0.4) is 0 Å². The highest BCUT2D eigenvalue weighted by Crippen LogP contribution is 2.27. The van der Waals surface area contributed by atoms with Gasteiger partial charge >= 0.3 is 0 Å². The van der Waals surface area contributed by atoms with Gasteiger partial charge in [0.15, 0.2) is 12.0 Å². The van der Waals surface area contributed by atoms with Gasteiger partial charge in [-0.2, -0.15) is 0 Å². The predicted molar refractivity (Wildman–Crippen MR) is 110 cm³/mol. The molecule has 0 radical (unpaired) electrons. The number of unbranched alkanes of at least 4 members (excludes halogenated alkanes) is 1. The van der Waals surface area contributed by atoms with Crippen LogP contribution < -0.4 is 20.2 Å². The Hall–Kier alpha value is -3.35. The molecule has 0 aliphatic heterocycles. The Morgan fingerprint density at radius 2 is 1.93 bits per heavy atom. The van der Waals surface area contributed by atoms with Crippen LogP contribution in [0.5, 0.6) is 11.5 Å². The van der Waals surface area contributed by atoms with E-state index < -0.39 is 11.2 Å². The minimum Gasteiger partial charge on any atom is -0.497 e. The maximum Gasteiger partial charge on any atom is 0.257 e. The number of hydrogen-bond acceptors (Lipinski definition) is 4. The van der Waals surface area contributed by atoms with E-state index in [4.69, 9.17) is 9.47 Å². The summed E-state index contributed by atoms with van der Waals surface area (Å²) in [6, 6.07) is 9.49. The van der Waals surface area contributed by atoms with Gasteiger partial charge in [0.1, 0.15) is 17.3 Å². The van der Waals surface area contributed by atoms with Crippen LogP contribution in [0.4, 0.5) is 4.39 Å². The highest BCUT2D eigenvalue weighted by Gasteiger charge is 2.15. The van der Waals surface area contributed by atoms with Crippen LogP contribution in [-0.2, 0) is 4.79 Å². The lowest BCUT2D eigenvalue weighted by Crippen LogP contribution is -2.29. The van der Waals surface area contributed by atoms with E-state index in [1.54, 1.807) is 31.4 Å². The summed E-state index contributed by atoms with van der Waals surface area (Å²) in [5, 5.41) is 2.64. The van der Waals surface area contributed by atoms with Crippen molar-refractivity contribution in [3.05, 3.63) is 58.6 Å². The average molecular weight is 398 g/mol. The fraction of sp³-hybridized carbons (Fsp3) is 0.273. The number of halogens is 1. The fourth-order valence-corrected chi connectivity index (χ4v) is 2.97. The second kappa shape index (κ2) is 9.23. The molecule has 0 fully saturated rings. The summed E-state index contributed by atoms with van der Waals surface area (Å²) < 4.78 is 25.1. The number of ether oxygens (including phenoxy) is 2. The molecule has 2 aromatic carbocycles. The number of benzene rings is 2. The number of rotatable bonds is 8. The van der Waals surface area contributed by atoms with E-state index in [-0.39, 0.29) is 29.2 Å². The maximum absolute atomic E-state index is 14.5. The second-order valence-corrected chi connectivity index (χ2v) is 6.55. The van der Waals surface area contributed by atoms with Crippen molar-refractivity contribution in [3.8, 4) is 22.6 Å². The molecule has 0 aliphatic rings. The first-order valence-electron chi connectivity index (χ1n) is 9.43.